The van der Waals surface area contributed by atoms with Gasteiger partial charge in [-0.25, -0.2) is 0 Å². The molecule has 3 heteroatoms. The van der Waals surface area contributed by atoms with Crippen LogP contribution in [-0.2, 0) is 9.53 Å². The first kappa shape index (κ1) is 8.20. The molecule has 0 aromatic heterocycles. The topological polar surface area (TPSA) is 38.3 Å². The molecule has 2 fully saturated rings. The summed E-state index contributed by atoms with van der Waals surface area (Å²) in [5, 5.41) is 3.22. The number of morpholine rings is 1. The lowest BCUT2D eigenvalue weighted by molar-refractivity contribution is -0.123. The van der Waals surface area contributed by atoms with Crippen molar-refractivity contribution in [2.75, 3.05) is 19.7 Å². The molecule has 68 valence electrons. The second-order valence-corrected chi connectivity index (χ2v) is 3.64. The Kier molecular flexibility index (Phi) is 2.42. The molecule has 0 aromatic carbocycles. The summed E-state index contributed by atoms with van der Waals surface area (Å²) in [5.74, 6) is 0.791. The summed E-state index contributed by atoms with van der Waals surface area (Å²) in [6.45, 7) is 2.52. The highest BCUT2D eigenvalue weighted by Gasteiger charge is 2.31. The fourth-order valence-electron chi connectivity index (χ4n) is 1.55. The summed E-state index contributed by atoms with van der Waals surface area (Å²) in [6, 6.07) is 0. The van der Waals surface area contributed by atoms with E-state index in [1.807, 2.05) is 0 Å². The van der Waals surface area contributed by atoms with E-state index in [2.05, 4.69) is 5.32 Å². The highest BCUT2D eigenvalue weighted by molar-refractivity contribution is 5.83. The monoisotopic (exact) mass is 169 g/mol. The third kappa shape index (κ3) is 2.05. The van der Waals surface area contributed by atoms with E-state index in [-0.39, 0.29) is 6.10 Å². The molecule has 2 rings (SSSR count). The van der Waals surface area contributed by atoms with E-state index >= 15 is 0 Å². The van der Waals surface area contributed by atoms with Gasteiger partial charge in [0.05, 0.1) is 12.7 Å². The van der Waals surface area contributed by atoms with E-state index < -0.39 is 0 Å². The molecule has 1 saturated carbocycles. The van der Waals surface area contributed by atoms with Gasteiger partial charge in [0.1, 0.15) is 5.78 Å². The second kappa shape index (κ2) is 3.54. The summed E-state index contributed by atoms with van der Waals surface area (Å²) in [4.78, 5) is 11.4. The Hall–Kier alpha value is -0.410. The van der Waals surface area contributed by atoms with Gasteiger partial charge in [0, 0.05) is 25.4 Å². The normalized spacial score (nSPS) is 30.2. The second-order valence-electron chi connectivity index (χ2n) is 3.64. The first-order valence-corrected chi connectivity index (χ1v) is 4.71. The van der Waals surface area contributed by atoms with Crippen molar-refractivity contribution < 1.29 is 9.53 Å². The quantitative estimate of drug-likeness (QED) is 0.662. The largest absolute Gasteiger partial charge is 0.375 e. The van der Waals surface area contributed by atoms with Gasteiger partial charge in [0.25, 0.3) is 0 Å². The fourth-order valence-corrected chi connectivity index (χ4v) is 1.55. The lowest BCUT2D eigenvalue weighted by Gasteiger charge is -2.22. The molecule has 3 nitrogen and oxygen atoms in total. The number of carbonyl (C=O) groups excluding carboxylic acids is 1. The third-order valence-electron chi connectivity index (χ3n) is 2.47. The van der Waals surface area contributed by atoms with E-state index in [0.29, 0.717) is 18.1 Å². The molecule has 2 aliphatic rings. The van der Waals surface area contributed by atoms with Crippen molar-refractivity contribution in [1.82, 2.24) is 5.32 Å². The molecule has 12 heavy (non-hydrogen) atoms. The van der Waals surface area contributed by atoms with Crippen LogP contribution in [0, 0.1) is 5.92 Å². The van der Waals surface area contributed by atoms with Gasteiger partial charge in [-0.1, -0.05) is 0 Å². The standard InChI is InChI=1S/C9H15NO2/c11-9(7-1-2-7)5-8-6-10-3-4-12-8/h7-8,10H,1-6H2. The van der Waals surface area contributed by atoms with Crippen LogP contribution in [0.2, 0.25) is 0 Å². The summed E-state index contributed by atoms with van der Waals surface area (Å²) >= 11 is 0. The van der Waals surface area contributed by atoms with Crippen molar-refractivity contribution in [2.24, 2.45) is 5.92 Å². The van der Waals surface area contributed by atoms with E-state index in [1.165, 1.54) is 0 Å². The number of carbonyl (C=O) groups is 1. The average molecular weight is 169 g/mol. The molecule has 1 N–H and O–H groups in total. The van der Waals surface area contributed by atoms with Crippen LogP contribution >= 0.6 is 0 Å². The van der Waals surface area contributed by atoms with Crippen molar-refractivity contribution >= 4 is 5.78 Å². The molecule has 1 aliphatic heterocycles. The molecule has 1 aliphatic carbocycles. The minimum absolute atomic E-state index is 0.145. The molecular formula is C9H15NO2. The van der Waals surface area contributed by atoms with Crippen LogP contribution in [0.3, 0.4) is 0 Å². The maximum atomic E-state index is 11.4. The first-order chi connectivity index (χ1) is 5.86. The Morgan fingerprint density at radius 3 is 2.92 bits per heavy atom. The van der Waals surface area contributed by atoms with Gasteiger partial charge in [-0.15, -0.1) is 0 Å². The number of Topliss-reactive ketones (excluding diaryl/α,β-unsaturated/α-hetero) is 1. The lowest BCUT2D eigenvalue weighted by Crippen LogP contribution is -2.39. The Bertz CT molecular complexity index is 171. The van der Waals surface area contributed by atoms with Crippen LogP contribution in [-0.4, -0.2) is 31.6 Å². The van der Waals surface area contributed by atoms with Gasteiger partial charge in [0.15, 0.2) is 0 Å². The average Bonchev–Trinajstić information content (AvgIpc) is 2.88. The van der Waals surface area contributed by atoms with Crippen LogP contribution in [0.15, 0.2) is 0 Å². The number of ketones is 1. The highest BCUT2D eigenvalue weighted by Crippen LogP contribution is 2.31. The van der Waals surface area contributed by atoms with Crippen molar-refractivity contribution in [3.63, 3.8) is 0 Å². The van der Waals surface area contributed by atoms with Crippen LogP contribution < -0.4 is 5.32 Å². The fraction of sp³-hybridized carbons (Fsp3) is 0.889. The van der Waals surface area contributed by atoms with Crippen LogP contribution in [0.5, 0.6) is 0 Å². The summed E-state index contributed by atoms with van der Waals surface area (Å²) in [7, 11) is 0. The van der Waals surface area contributed by atoms with E-state index in [1.54, 1.807) is 0 Å². The highest BCUT2D eigenvalue weighted by atomic mass is 16.5. The molecule has 1 unspecified atom stereocenters. The Balaban J connectivity index is 1.73. The Morgan fingerprint density at radius 1 is 1.50 bits per heavy atom. The predicted molar refractivity (Wildman–Crippen MR) is 45.0 cm³/mol. The lowest BCUT2D eigenvalue weighted by atomic mass is 10.1. The van der Waals surface area contributed by atoms with Gasteiger partial charge >= 0.3 is 0 Å². The Labute approximate surface area is 72.5 Å². The maximum Gasteiger partial charge on any atom is 0.138 e. The maximum absolute atomic E-state index is 11.4. The van der Waals surface area contributed by atoms with Crippen LogP contribution in [0.25, 0.3) is 0 Å². The van der Waals surface area contributed by atoms with Crippen molar-refractivity contribution in [3.05, 3.63) is 0 Å². The molecule has 0 spiro atoms. The molecule has 0 bridgehead atoms. The molecule has 0 amide bonds. The molecule has 1 heterocycles. The van der Waals surface area contributed by atoms with E-state index in [9.17, 15) is 4.79 Å². The number of ether oxygens (including phenoxy) is 1. The van der Waals surface area contributed by atoms with Crippen molar-refractivity contribution in [1.29, 1.82) is 0 Å². The van der Waals surface area contributed by atoms with Crippen LogP contribution in [0.1, 0.15) is 19.3 Å². The SMILES string of the molecule is O=C(CC1CNCCO1)C1CC1. The molecule has 1 saturated heterocycles. The van der Waals surface area contributed by atoms with E-state index in [4.69, 9.17) is 4.74 Å². The smallest absolute Gasteiger partial charge is 0.138 e. The van der Waals surface area contributed by atoms with Gasteiger partial charge < -0.3 is 10.1 Å². The molecular weight excluding hydrogens is 154 g/mol. The molecule has 0 aromatic rings. The van der Waals surface area contributed by atoms with Gasteiger partial charge in [-0.3, -0.25) is 4.79 Å². The number of hydrogen-bond donors (Lipinski definition) is 1. The Morgan fingerprint density at radius 2 is 2.33 bits per heavy atom. The minimum Gasteiger partial charge on any atom is -0.375 e. The van der Waals surface area contributed by atoms with Crippen molar-refractivity contribution in [2.45, 2.75) is 25.4 Å². The zero-order valence-electron chi connectivity index (χ0n) is 7.21. The zero-order valence-corrected chi connectivity index (χ0v) is 7.21. The van der Waals surface area contributed by atoms with Gasteiger partial charge in [-0.05, 0) is 12.8 Å². The van der Waals surface area contributed by atoms with Gasteiger partial charge in [-0.2, -0.15) is 0 Å². The minimum atomic E-state index is 0.145. The zero-order chi connectivity index (χ0) is 8.39. The van der Waals surface area contributed by atoms with E-state index in [0.717, 1.165) is 32.5 Å². The van der Waals surface area contributed by atoms with Gasteiger partial charge in [0.2, 0.25) is 0 Å². The first-order valence-electron chi connectivity index (χ1n) is 4.71. The summed E-state index contributed by atoms with van der Waals surface area (Å²) in [5.41, 5.74) is 0. The third-order valence-corrected chi connectivity index (χ3v) is 2.47. The van der Waals surface area contributed by atoms with Crippen LogP contribution in [0.4, 0.5) is 0 Å². The predicted octanol–water partition coefficient (Wildman–Crippen LogP) is 0.344. The summed E-state index contributed by atoms with van der Waals surface area (Å²) in [6.07, 6.45) is 2.99. The summed E-state index contributed by atoms with van der Waals surface area (Å²) < 4.78 is 5.44. The number of nitrogens with one attached hydrogen (secondary N) is 1. The van der Waals surface area contributed by atoms with Crippen molar-refractivity contribution in [3.8, 4) is 0 Å². The molecule has 0 radical (unpaired) electrons. The number of hydrogen-bond acceptors (Lipinski definition) is 3. The molecule has 1 atom stereocenters. The number of rotatable bonds is 3.